The average molecular weight is 337 g/mol. The molecule has 132 valence electrons. The number of carbonyl (C=O) groups excluding carboxylic acids is 1. The summed E-state index contributed by atoms with van der Waals surface area (Å²) in [5.74, 6) is 0.200. The highest BCUT2D eigenvalue weighted by atomic mass is 16.2. The van der Waals surface area contributed by atoms with Crippen LogP contribution in [-0.2, 0) is 6.54 Å². The minimum atomic E-state index is 0.200. The lowest BCUT2D eigenvalue weighted by Crippen LogP contribution is -2.59. The number of aryl methyl sites for hydroxylation is 1. The van der Waals surface area contributed by atoms with Gasteiger partial charge in [-0.25, -0.2) is 0 Å². The SMILES string of the molecule is Cc1cc(C(=O)N2CC3CCCC(C2)N3)c(C)n1Cc1ccccc1. The summed E-state index contributed by atoms with van der Waals surface area (Å²) >= 11 is 0. The molecule has 2 bridgehead atoms. The number of piperazine rings is 1. The molecule has 4 heteroatoms. The van der Waals surface area contributed by atoms with Crippen LogP contribution >= 0.6 is 0 Å². The van der Waals surface area contributed by atoms with Crippen molar-refractivity contribution >= 4 is 5.91 Å². The second-order valence-corrected chi connectivity index (χ2v) is 7.56. The molecule has 4 nitrogen and oxygen atoms in total. The number of hydrogen-bond acceptors (Lipinski definition) is 2. The Labute approximate surface area is 149 Å². The Kier molecular flexibility index (Phi) is 4.38. The molecule has 2 aliphatic rings. The molecule has 1 aromatic heterocycles. The minimum absolute atomic E-state index is 0.200. The quantitative estimate of drug-likeness (QED) is 0.934. The van der Waals surface area contributed by atoms with Crippen molar-refractivity contribution in [3.05, 3.63) is 58.9 Å². The number of benzene rings is 1. The molecule has 0 spiro atoms. The molecular formula is C21H27N3O. The summed E-state index contributed by atoms with van der Waals surface area (Å²) in [5, 5.41) is 3.65. The molecule has 2 atom stereocenters. The van der Waals surface area contributed by atoms with E-state index in [1.165, 1.54) is 24.8 Å². The topological polar surface area (TPSA) is 37.3 Å². The maximum absolute atomic E-state index is 13.2. The van der Waals surface area contributed by atoms with Crippen LogP contribution in [0.25, 0.3) is 0 Å². The van der Waals surface area contributed by atoms with Crippen LogP contribution in [0, 0.1) is 13.8 Å². The number of nitrogens with zero attached hydrogens (tertiary/aromatic N) is 2. The van der Waals surface area contributed by atoms with Gasteiger partial charge in [-0.05, 0) is 38.3 Å². The van der Waals surface area contributed by atoms with Gasteiger partial charge in [-0.2, -0.15) is 0 Å². The minimum Gasteiger partial charge on any atom is -0.344 e. The van der Waals surface area contributed by atoms with Crippen LogP contribution in [0.3, 0.4) is 0 Å². The van der Waals surface area contributed by atoms with E-state index in [1.807, 2.05) is 6.07 Å². The molecule has 0 aliphatic carbocycles. The van der Waals surface area contributed by atoms with Gasteiger partial charge in [-0.1, -0.05) is 36.8 Å². The van der Waals surface area contributed by atoms with Crippen molar-refractivity contribution in [3.63, 3.8) is 0 Å². The molecule has 2 aromatic rings. The monoisotopic (exact) mass is 337 g/mol. The molecule has 1 aromatic carbocycles. The van der Waals surface area contributed by atoms with Gasteiger partial charge in [0.15, 0.2) is 0 Å². The van der Waals surface area contributed by atoms with E-state index in [2.05, 4.69) is 59.0 Å². The van der Waals surface area contributed by atoms with Gasteiger partial charge in [-0.15, -0.1) is 0 Å². The van der Waals surface area contributed by atoms with Gasteiger partial charge in [0.05, 0.1) is 5.56 Å². The van der Waals surface area contributed by atoms with Crippen molar-refractivity contribution < 1.29 is 4.79 Å². The number of carbonyl (C=O) groups is 1. The lowest BCUT2D eigenvalue weighted by Gasteiger charge is -2.42. The third kappa shape index (κ3) is 3.23. The Morgan fingerprint density at radius 3 is 2.48 bits per heavy atom. The van der Waals surface area contributed by atoms with Gasteiger partial charge in [0.2, 0.25) is 0 Å². The number of likely N-dealkylation sites (tertiary alicyclic amines) is 1. The lowest BCUT2D eigenvalue weighted by atomic mass is 9.94. The summed E-state index contributed by atoms with van der Waals surface area (Å²) < 4.78 is 2.26. The normalized spacial score (nSPS) is 22.9. The molecule has 4 rings (SSSR count). The highest BCUT2D eigenvalue weighted by Crippen LogP contribution is 2.24. The van der Waals surface area contributed by atoms with E-state index >= 15 is 0 Å². The fourth-order valence-corrected chi connectivity index (χ4v) is 4.37. The summed E-state index contributed by atoms with van der Waals surface area (Å²) in [4.78, 5) is 15.2. The number of amides is 1. The highest BCUT2D eigenvalue weighted by Gasteiger charge is 2.33. The Morgan fingerprint density at radius 2 is 1.80 bits per heavy atom. The number of hydrogen-bond donors (Lipinski definition) is 1. The third-order valence-electron chi connectivity index (χ3n) is 5.73. The molecule has 3 heterocycles. The van der Waals surface area contributed by atoms with Crippen LogP contribution < -0.4 is 5.32 Å². The van der Waals surface area contributed by atoms with Gasteiger partial charge >= 0.3 is 0 Å². The fourth-order valence-electron chi connectivity index (χ4n) is 4.37. The number of rotatable bonds is 3. The van der Waals surface area contributed by atoms with Crippen molar-refractivity contribution in [3.8, 4) is 0 Å². The molecule has 2 aliphatic heterocycles. The zero-order chi connectivity index (χ0) is 17.4. The lowest BCUT2D eigenvalue weighted by molar-refractivity contribution is 0.0607. The van der Waals surface area contributed by atoms with Crippen molar-refractivity contribution in [1.82, 2.24) is 14.8 Å². The summed E-state index contributed by atoms with van der Waals surface area (Å²) in [6.07, 6.45) is 3.66. The third-order valence-corrected chi connectivity index (χ3v) is 5.73. The standard InChI is InChI=1S/C21H27N3O/c1-15-11-20(16(2)24(15)12-17-7-4-3-5-8-17)21(25)23-13-18-9-6-10-19(14-23)22-18/h3-5,7-8,11,18-19,22H,6,9-10,12-14H2,1-2H3. The van der Waals surface area contributed by atoms with E-state index in [0.717, 1.165) is 36.6 Å². The average Bonchev–Trinajstić information content (AvgIpc) is 2.90. The Bertz CT molecular complexity index is 753. The maximum Gasteiger partial charge on any atom is 0.255 e. The first-order valence-corrected chi connectivity index (χ1v) is 9.38. The Morgan fingerprint density at radius 1 is 1.12 bits per heavy atom. The molecule has 1 N–H and O–H groups in total. The largest absolute Gasteiger partial charge is 0.344 e. The van der Waals surface area contributed by atoms with E-state index in [-0.39, 0.29) is 5.91 Å². The van der Waals surface area contributed by atoms with Crippen molar-refractivity contribution in [1.29, 1.82) is 0 Å². The highest BCUT2D eigenvalue weighted by molar-refractivity contribution is 5.96. The van der Waals surface area contributed by atoms with E-state index in [0.29, 0.717) is 12.1 Å². The number of nitrogens with one attached hydrogen (secondary N) is 1. The van der Waals surface area contributed by atoms with Crippen LogP contribution in [-0.4, -0.2) is 40.5 Å². The van der Waals surface area contributed by atoms with E-state index in [9.17, 15) is 4.79 Å². The smallest absolute Gasteiger partial charge is 0.255 e. The van der Waals surface area contributed by atoms with Gasteiger partial charge in [0.1, 0.15) is 0 Å². The summed E-state index contributed by atoms with van der Waals surface area (Å²) in [7, 11) is 0. The molecular weight excluding hydrogens is 310 g/mol. The zero-order valence-electron chi connectivity index (χ0n) is 15.2. The zero-order valence-corrected chi connectivity index (χ0v) is 15.2. The number of aromatic nitrogens is 1. The molecule has 1 amide bonds. The summed E-state index contributed by atoms with van der Waals surface area (Å²) in [6, 6.07) is 13.5. The van der Waals surface area contributed by atoms with Crippen LogP contribution in [0.4, 0.5) is 0 Å². The second-order valence-electron chi connectivity index (χ2n) is 7.56. The molecule has 2 fully saturated rings. The van der Waals surface area contributed by atoms with Crippen LogP contribution in [0.15, 0.2) is 36.4 Å². The summed E-state index contributed by atoms with van der Waals surface area (Å²) in [6.45, 7) is 6.68. The van der Waals surface area contributed by atoms with Crippen LogP contribution in [0.5, 0.6) is 0 Å². The number of piperidine rings is 1. The molecule has 25 heavy (non-hydrogen) atoms. The van der Waals surface area contributed by atoms with Gasteiger partial charge in [0, 0.05) is 43.1 Å². The summed E-state index contributed by atoms with van der Waals surface area (Å²) in [5.41, 5.74) is 4.36. The van der Waals surface area contributed by atoms with E-state index < -0.39 is 0 Å². The van der Waals surface area contributed by atoms with Crippen LogP contribution in [0.2, 0.25) is 0 Å². The maximum atomic E-state index is 13.2. The molecule has 0 saturated carbocycles. The Hall–Kier alpha value is -2.07. The first kappa shape index (κ1) is 16.4. The first-order valence-electron chi connectivity index (χ1n) is 9.38. The number of fused-ring (bicyclic) bond motifs is 2. The van der Waals surface area contributed by atoms with E-state index in [4.69, 9.17) is 0 Å². The Balaban J connectivity index is 1.56. The van der Waals surface area contributed by atoms with Crippen LogP contribution in [0.1, 0.15) is 46.6 Å². The van der Waals surface area contributed by atoms with Crippen molar-refractivity contribution in [2.45, 2.75) is 51.7 Å². The molecule has 2 saturated heterocycles. The van der Waals surface area contributed by atoms with E-state index in [1.54, 1.807) is 0 Å². The van der Waals surface area contributed by atoms with Gasteiger partial charge < -0.3 is 14.8 Å². The molecule has 0 radical (unpaired) electrons. The fraction of sp³-hybridized carbons (Fsp3) is 0.476. The van der Waals surface area contributed by atoms with Crippen molar-refractivity contribution in [2.24, 2.45) is 0 Å². The predicted molar refractivity (Wildman–Crippen MR) is 99.9 cm³/mol. The van der Waals surface area contributed by atoms with Crippen molar-refractivity contribution in [2.75, 3.05) is 13.1 Å². The molecule has 2 unspecified atom stereocenters. The van der Waals surface area contributed by atoms with Gasteiger partial charge in [0.25, 0.3) is 5.91 Å². The first-order chi connectivity index (χ1) is 12.1. The predicted octanol–water partition coefficient (Wildman–Crippen LogP) is 3.12. The second kappa shape index (κ2) is 6.68. The van der Waals surface area contributed by atoms with Gasteiger partial charge in [-0.3, -0.25) is 4.79 Å².